The van der Waals surface area contributed by atoms with E-state index >= 15 is 0 Å². The first-order valence-electron chi connectivity index (χ1n) is 16.1. The van der Waals surface area contributed by atoms with Crippen LogP contribution in [-0.2, 0) is 30.3 Å². The number of carbonyl (C=O) groups is 2. The molecule has 50 heavy (non-hydrogen) atoms. The predicted molar refractivity (Wildman–Crippen MR) is 202 cm³/mol. The zero-order chi connectivity index (χ0) is 35.7. The average Bonchev–Trinajstić information content (AvgIpc) is 3.10. The Morgan fingerprint density at radius 2 is 0.720 bits per heavy atom. The summed E-state index contributed by atoms with van der Waals surface area (Å²) in [5.41, 5.74) is 3.28. The number of amides is 2. The molecule has 8 rings (SSSR count). The second-order valence-electron chi connectivity index (χ2n) is 11.9. The van der Waals surface area contributed by atoms with Crippen LogP contribution in [0.3, 0.4) is 0 Å². The minimum Gasteiger partial charge on any atom is -0.358 e. The molecule has 0 aromatic heterocycles. The molecule has 4 fully saturated rings. The third-order valence-corrected chi connectivity index (χ3v) is 9.05. The van der Waals surface area contributed by atoms with Crippen molar-refractivity contribution < 1.29 is 19.1 Å². The zero-order valence-corrected chi connectivity index (χ0v) is 31.3. The zero-order valence-electron chi connectivity index (χ0n) is 26.7. The first-order valence-corrected chi connectivity index (χ1v) is 18.7. The largest absolute Gasteiger partial charge is 0.358 e. The molecule has 0 unspecified atom stereocenters. The highest BCUT2D eigenvalue weighted by Crippen LogP contribution is 2.51. The second-order valence-corrected chi connectivity index (χ2v) is 15.9. The van der Waals surface area contributed by atoms with E-state index in [1.807, 2.05) is 72.8 Å². The number of nitrogens with one attached hydrogen (secondary N) is 2. The highest BCUT2D eigenvalue weighted by atomic mass is 35.6. The van der Waals surface area contributed by atoms with Crippen molar-refractivity contribution in [1.29, 1.82) is 0 Å². The standard InChI is InChI=1S/2C18H17NO2.2CHCl3/c2*20-16-12-11-15-17(19-16)18(21-15,13-7-3-1-4-8-13)14-9-5-2-6-10-14;2*2-1(3)4/h2*1-10,15,17H,11-12H2,(H,19,20);2*1H/t2*15-,17+;;/m11../s1. The van der Waals surface area contributed by atoms with Gasteiger partial charge in [0, 0.05) is 12.8 Å². The second kappa shape index (κ2) is 17.8. The summed E-state index contributed by atoms with van der Waals surface area (Å²) < 4.78 is 11.2. The van der Waals surface area contributed by atoms with Crippen LogP contribution in [0.1, 0.15) is 47.9 Å². The van der Waals surface area contributed by atoms with E-state index in [0.717, 1.165) is 35.1 Å². The summed E-state index contributed by atoms with van der Waals surface area (Å²) in [5.74, 6) is 0.242. The van der Waals surface area contributed by atoms with E-state index in [1.54, 1.807) is 0 Å². The Morgan fingerprint density at radius 1 is 0.480 bits per heavy atom. The SMILES string of the molecule is ClC(Cl)Cl.ClC(Cl)Cl.O=C1CC[C@H]2OC(c3ccccc3)(c3ccccc3)[C@H]2N1.O=C1CC[C@H]2OC(c3ccccc3)(c3ccccc3)[C@H]2N1. The van der Waals surface area contributed by atoms with Gasteiger partial charge in [-0.15, -0.1) is 0 Å². The Labute approximate surface area is 322 Å². The van der Waals surface area contributed by atoms with Gasteiger partial charge in [-0.2, -0.15) is 0 Å². The van der Waals surface area contributed by atoms with E-state index in [-0.39, 0.29) is 36.1 Å². The number of carbonyl (C=O) groups excluding carboxylic acids is 2. The fraction of sp³-hybridized carbons (Fsp3) is 0.316. The Kier molecular flexibility index (Phi) is 13.8. The smallest absolute Gasteiger partial charge is 0.220 e. The van der Waals surface area contributed by atoms with E-state index in [2.05, 4.69) is 59.2 Å². The number of fused-ring (bicyclic) bond motifs is 2. The Hall–Kier alpha value is -2.52. The maximum Gasteiger partial charge on any atom is 0.220 e. The molecule has 0 saturated carbocycles. The summed E-state index contributed by atoms with van der Waals surface area (Å²) in [6, 6.07) is 40.7. The van der Waals surface area contributed by atoms with Crippen LogP contribution in [0.5, 0.6) is 0 Å². The normalized spacial score (nSPS) is 23.6. The fourth-order valence-electron chi connectivity index (χ4n) is 7.08. The minimum atomic E-state index is -0.750. The number of hydrogen-bond donors (Lipinski definition) is 2. The van der Waals surface area contributed by atoms with Crippen molar-refractivity contribution in [3.8, 4) is 0 Å². The highest BCUT2D eigenvalue weighted by molar-refractivity contribution is 6.63. The van der Waals surface area contributed by atoms with Crippen molar-refractivity contribution in [1.82, 2.24) is 10.6 Å². The molecule has 4 aromatic carbocycles. The van der Waals surface area contributed by atoms with Crippen molar-refractivity contribution in [3.63, 3.8) is 0 Å². The molecule has 2 amide bonds. The summed E-state index contributed by atoms with van der Waals surface area (Å²) in [6.45, 7) is 0. The molecule has 0 spiro atoms. The number of hydrogen-bond acceptors (Lipinski definition) is 4. The maximum atomic E-state index is 11.8. The monoisotopic (exact) mass is 794 g/mol. The first kappa shape index (κ1) is 38.7. The van der Waals surface area contributed by atoms with Crippen LogP contribution in [0.25, 0.3) is 0 Å². The third kappa shape index (κ3) is 8.74. The molecule has 0 radical (unpaired) electrons. The Balaban J connectivity index is 0.000000161. The first-order chi connectivity index (χ1) is 24.1. The molecule has 6 nitrogen and oxygen atoms in total. The maximum absolute atomic E-state index is 11.8. The van der Waals surface area contributed by atoms with Gasteiger partial charge in [-0.1, -0.05) is 191 Å². The average molecular weight is 797 g/mol. The quantitative estimate of drug-likeness (QED) is 0.202. The number of rotatable bonds is 4. The Morgan fingerprint density at radius 3 is 0.960 bits per heavy atom. The van der Waals surface area contributed by atoms with Crippen LogP contribution in [0, 0.1) is 0 Å². The molecule has 2 N–H and O–H groups in total. The van der Waals surface area contributed by atoms with Gasteiger partial charge in [-0.05, 0) is 35.1 Å². The Bertz CT molecular complexity index is 1460. The van der Waals surface area contributed by atoms with Crippen molar-refractivity contribution in [2.75, 3.05) is 0 Å². The molecule has 0 bridgehead atoms. The van der Waals surface area contributed by atoms with Gasteiger partial charge >= 0.3 is 0 Å². The van der Waals surface area contributed by atoms with Gasteiger partial charge in [-0.3, -0.25) is 9.59 Å². The fourth-order valence-corrected chi connectivity index (χ4v) is 7.08. The summed E-state index contributed by atoms with van der Waals surface area (Å²) in [5, 5.41) is 6.28. The van der Waals surface area contributed by atoms with Gasteiger partial charge < -0.3 is 20.1 Å². The summed E-state index contributed by atoms with van der Waals surface area (Å²) >= 11 is 28.8. The number of alkyl halides is 6. The van der Waals surface area contributed by atoms with Crippen LogP contribution >= 0.6 is 69.6 Å². The van der Waals surface area contributed by atoms with E-state index in [9.17, 15) is 9.59 Å². The van der Waals surface area contributed by atoms with Gasteiger partial charge in [0.2, 0.25) is 11.8 Å². The number of benzene rings is 4. The number of ether oxygens (including phenoxy) is 2. The predicted octanol–water partition coefficient (Wildman–Crippen LogP) is 9.19. The van der Waals surface area contributed by atoms with Gasteiger partial charge in [0.25, 0.3) is 0 Å². The van der Waals surface area contributed by atoms with Gasteiger partial charge in [0.1, 0.15) is 11.2 Å². The molecular weight excluding hydrogens is 761 g/mol. The van der Waals surface area contributed by atoms with Crippen LogP contribution < -0.4 is 10.6 Å². The molecule has 12 heteroatoms. The molecule has 4 heterocycles. The molecule has 4 aromatic rings. The van der Waals surface area contributed by atoms with E-state index in [0.29, 0.717) is 12.8 Å². The van der Waals surface area contributed by atoms with Crippen molar-refractivity contribution in [2.45, 2.75) is 69.8 Å². The highest BCUT2D eigenvalue weighted by Gasteiger charge is 2.60. The van der Waals surface area contributed by atoms with Crippen LogP contribution in [0.15, 0.2) is 121 Å². The van der Waals surface area contributed by atoms with E-state index in [4.69, 9.17) is 79.1 Å². The minimum absolute atomic E-state index is 0.0172. The molecule has 4 atom stereocenters. The molecule has 0 aliphatic carbocycles. The van der Waals surface area contributed by atoms with Crippen LogP contribution in [0.4, 0.5) is 0 Å². The van der Waals surface area contributed by atoms with Crippen LogP contribution in [-0.4, -0.2) is 44.7 Å². The summed E-state index contributed by atoms with van der Waals surface area (Å²) in [7, 11) is 0. The molecule has 264 valence electrons. The van der Waals surface area contributed by atoms with Crippen LogP contribution in [0.2, 0.25) is 0 Å². The molecule has 4 saturated heterocycles. The lowest BCUT2D eigenvalue weighted by atomic mass is 9.70. The summed E-state index contributed by atoms with van der Waals surface area (Å²) in [6.07, 6.45) is 2.95. The number of halogens is 6. The van der Waals surface area contributed by atoms with E-state index in [1.165, 1.54) is 0 Å². The topological polar surface area (TPSA) is 76.7 Å². The van der Waals surface area contributed by atoms with Gasteiger partial charge in [0.15, 0.2) is 8.59 Å². The molecule has 4 aliphatic heterocycles. The lowest BCUT2D eigenvalue weighted by Crippen LogP contribution is -2.71. The van der Waals surface area contributed by atoms with Crippen molar-refractivity contribution in [2.24, 2.45) is 0 Å². The van der Waals surface area contributed by atoms with E-state index < -0.39 is 19.8 Å². The number of piperidine rings is 2. The van der Waals surface area contributed by atoms with Gasteiger partial charge in [-0.25, -0.2) is 0 Å². The van der Waals surface area contributed by atoms with Gasteiger partial charge in [0.05, 0.1) is 24.3 Å². The van der Waals surface area contributed by atoms with Crippen molar-refractivity contribution in [3.05, 3.63) is 144 Å². The third-order valence-electron chi connectivity index (χ3n) is 9.05. The lowest BCUT2D eigenvalue weighted by Gasteiger charge is -2.57. The van der Waals surface area contributed by atoms with Crippen molar-refractivity contribution >= 4 is 81.4 Å². The summed E-state index contributed by atoms with van der Waals surface area (Å²) in [4.78, 5) is 23.7. The molecule has 4 aliphatic rings. The molecular formula is C38H36Cl6N2O4. The lowest BCUT2D eigenvalue weighted by molar-refractivity contribution is -0.228.